The first-order valence-electron chi connectivity index (χ1n) is 15.6. The van der Waals surface area contributed by atoms with E-state index in [0.29, 0.717) is 6.42 Å². The molecule has 1 unspecified atom stereocenters. The van der Waals surface area contributed by atoms with Gasteiger partial charge in [-0.1, -0.05) is 0 Å². The molecule has 22 nitrogen and oxygen atoms in total. The summed E-state index contributed by atoms with van der Waals surface area (Å²) < 4.78 is 55.5. The quantitative estimate of drug-likeness (QED) is 0.0486. The lowest BCUT2D eigenvalue weighted by Gasteiger charge is -2.46. The summed E-state index contributed by atoms with van der Waals surface area (Å²) in [5.74, 6) is 0. The van der Waals surface area contributed by atoms with E-state index >= 15 is 0 Å². The van der Waals surface area contributed by atoms with Gasteiger partial charge in [-0.05, 0) is 26.8 Å². The lowest BCUT2D eigenvalue weighted by molar-refractivity contribution is -0.355. The first-order chi connectivity index (χ1) is 23.0. The van der Waals surface area contributed by atoms with Crippen LogP contribution in [-0.4, -0.2) is 204 Å². The molecule has 49 heavy (non-hydrogen) atoms. The van der Waals surface area contributed by atoms with E-state index in [1.54, 1.807) is 0 Å². The minimum Gasteiger partial charge on any atom is -0.394 e. The largest absolute Gasteiger partial charge is 0.472 e. The van der Waals surface area contributed by atoms with E-state index in [4.69, 9.17) is 43.2 Å². The maximum absolute atomic E-state index is 12.9. The topological polar surface area (TPSA) is 360 Å². The fourth-order valence-electron chi connectivity index (χ4n) is 5.28. The van der Waals surface area contributed by atoms with Gasteiger partial charge in [-0.3, -0.25) is 9.05 Å². The SMILES string of the molecule is C[C@@H]1O[C@@H](O[C@H](COP(=O)(O)O[C@@H]2[C@@H](O)[C@@H](O)[C@H](O[C@H]3[C@H](O)[C@@H](O)[C@H](OCCCN)O[C@@H]3CO)O[C@H]2C)[C@H](O)[C@H](O)CO)[C@H](O)[C@H](O)[C@H]1O. The van der Waals surface area contributed by atoms with Gasteiger partial charge in [0.15, 0.2) is 18.9 Å². The highest BCUT2D eigenvalue weighted by Gasteiger charge is 2.52. The van der Waals surface area contributed by atoms with E-state index in [2.05, 4.69) is 0 Å². The fraction of sp³-hybridized carbons (Fsp3) is 1.00. The van der Waals surface area contributed by atoms with E-state index in [1.165, 1.54) is 13.8 Å². The molecule has 0 aliphatic carbocycles. The van der Waals surface area contributed by atoms with Crippen LogP contribution in [0, 0.1) is 0 Å². The Balaban J connectivity index is 1.64. The monoisotopic (exact) mass is 743 g/mol. The number of phosphoric ester groups is 1. The number of hydrogen-bond donors (Lipinski definition) is 13. The Kier molecular flexibility index (Phi) is 16.5. The number of phosphoric acid groups is 1. The Labute approximate surface area is 280 Å². The molecule has 0 spiro atoms. The zero-order valence-electron chi connectivity index (χ0n) is 26.7. The Bertz CT molecular complexity index is 1030. The van der Waals surface area contributed by atoms with Gasteiger partial charge >= 0.3 is 7.82 Å². The number of aliphatic hydroxyl groups excluding tert-OH is 11. The third-order valence-electron chi connectivity index (χ3n) is 8.26. The van der Waals surface area contributed by atoms with Crippen molar-refractivity contribution < 1.29 is 103 Å². The van der Waals surface area contributed by atoms with Crippen LogP contribution in [0.5, 0.6) is 0 Å². The van der Waals surface area contributed by atoms with Crippen molar-refractivity contribution >= 4 is 7.82 Å². The molecule has 3 rings (SSSR count). The molecular weight excluding hydrogens is 693 g/mol. The highest BCUT2D eigenvalue weighted by Crippen LogP contribution is 2.47. The summed E-state index contributed by atoms with van der Waals surface area (Å²) in [6, 6.07) is 0. The van der Waals surface area contributed by atoms with Crippen molar-refractivity contribution in [3.63, 3.8) is 0 Å². The van der Waals surface area contributed by atoms with Gasteiger partial charge in [0.25, 0.3) is 0 Å². The van der Waals surface area contributed by atoms with Crippen molar-refractivity contribution in [2.45, 2.75) is 131 Å². The molecule has 0 aromatic carbocycles. The molecule has 3 aliphatic heterocycles. The van der Waals surface area contributed by atoms with Gasteiger partial charge in [0.1, 0.15) is 79.4 Å². The normalized spacial score (nSPS) is 43.4. The second kappa shape index (κ2) is 18.9. The highest BCUT2D eigenvalue weighted by molar-refractivity contribution is 7.47. The molecule has 0 aromatic heterocycles. The first-order valence-corrected chi connectivity index (χ1v) is 17.1. The number of nitrogens with two attached hydrogens (primary N) is 1. The van der Waals surface area contributed by atoms with Crippen LogP contribution >= 0.6 is 7.82 Å². The zero-order valence-corrected chi connectivity index (χ0v) is 27.6. The minimum absolute atomic E-state index is 0.0773. The molecule has 0 aromatic rings. The molecule has 0 saturated carbocycles. The number of ether oxygens (including phenoxy) is 6. The number of aliphatic hydroxyl groups is 11. The molecule has 0 amide bonds. The third-order valence-corrected chi connectivity index (χ3v) is 9.24. The number of hydrogen-bond acceptors (Lipinski definition) is 21. The molecule has 23 heteroatoms. The van der Waals surface area contributed by atoms with Crippen LogP contribution in [0.1, 0.15) is 20.3 Å². The van der Waals surface area contributed by atoms with E-state index in [9.17, 15) is 65.6 Å². The summed E-state index contributed by atoms with van der Waals surface area (Å²) in [5.41, 5.74) is 5.41. The first kappa shape index (κ1) is 42.8. The van der Waals surface area contributed by atoms with Crippen LogP contribution in [0.15, 0.2) is 0 Å². The molecule has 3 saturated heterocycles. The Morgan fingerprint density at radius 2 is 1.37 bits per heavy atom. The average Bonchev–Trinajstić information content (AvgIpc) is 3.07. The van der Waals surface area contributed by atoms with Crippen molar-refractivity contribution in [3.05, 3.63) is 0 Å². The Morgan fingerprint density at radius 1 is 0.776 bits per heavy atom. The van der Waals surface area contributed by atoms with Crippen LogP contribution in [0.25, 0.3) is 0 Å². The zero-order chi connectivity index (χ0) is 36.8. The van der Waals surface area contributed by atoms with Crippen molar-refractivity contribution in [2.24, 2.45) is 5.73 Å². The molecule has 3 heterocycles. The minimum atomic E-state index is -5.27. The summed E-state index contributed by atoms with van der Waals surface area (Å²) in [6.07, 6.45) is -29.8. The van der Waals surface area contributed by atoms with Crippen molar-refractivity contribution in [2.75, 3.05) is 33.0 Å². The Hall–Kier alpha value is -0.610. The molecule has 0 radical (unpaired) electrons. The van der Waals surface area contributed by atoms with Crippen molar-refractivity contribution in [3.8, 4) is 0 Å². The predicted octanol–water partition coefficient (Wildman–Crippen LogP) is -6.93. The van der Waals surface area contributed by atoms with Gasteiger partial charge in [0.05, 0.1) is 38.6 Å². The molecule has 19 atom stereocenters. The van der Waals surface area contributed by atoms with Gasteiger partial charge in [-0.25, -0.2) is 4.57 Å². The van der Waals surface area contributed by atoms with Gasteiger partial charge in [-0.15, -0.1) is 0 Å². The maximum atomic E-state index is 12.9. The van der Waals surface area contributed by atoms with E-state index < -0.39 is 138 Å². The van der Waals surface area contributed by atoms with Gasteiger partial charge in [0.2, 0.25) is 0 Å². The molecule has 3 aliphatic rings. The Morgan fingerprint density at radius 3 is 1.98 bits per heavy atom. The van der Waals surface area contributed by atoms with Gasteiger partial charge in [-0.2, -0.15) is 0 Å². The molecule has 0 bridgehead atoms. The smallest absolute Gasteiger partial charge is 0.394 e. The van der Waals surface area contributed by atoms with Crippen molar-refractivity contribution in [1.82, 2.24) is 0 Å². The van der Waals surface area contributed by atoms with Crippen molar-refractivity contribution in [1.29, 1.82) is 0 Å². The van der Waals surface area contributed by atoms with Crippen LogP contribution in [0.3, 0.4) is 0 Å². The van der Waals surface area contributed by atoms with Crippen LogP contribution in [-0.2, 0) is 42.0 Å². The highest BCUT2D eigenvalue weighted by atomic mass is 31.2. The molecule has 3 fully saturated rings. The standard InChI is InChI=1S/C26H50NO21P/c1-9-14(31)16(33)19(36)25(43-9)46-13(15(32)11(30)6-28)8-42-49(39,40)48-22-10(2)44-26(21(38)17(22)34)47-23-12(7-29)45-24(20(37)18(23)35)41-5-3-4-27/h9-26,28-38H,3-8,27H2,1-2H3,(H,39,40)/t9-,10-,11+,12+,13+,14-,15+,16+,17-,18+,19+,20+,21+,22-,23+,24+,25-,26-/m0/s1. The predicted molar refractivity (Wildman–Crippen MR) is 156 cm³/mol. The van der Waals surface area contributed by atoms with E-state index in [0.717, 1.165) is 0 Å². The lowest BCUT2D eigenvalue weighted by Crippen LogP contribution is -2.64. The molecule has 14 N–H and O–H groups in total. The van der Waals surface area contributed by atoms with E-state index in [-0.39, 0.29) is 13.2 Å². The maximum Gasteiger partial charge on any atom is 0.472 e. The molecule has 290 valence electrons. The summed E-state index contributed by atoms with van der Waals surface area (Å²) in [7, 11) is -5.27. The summed E-state index contributed by atoms with van der Waals surface area (Å²) in [5, 5.41) is 112. The van der Waals surface area contributed by atoms with Crippen LogP contribution in [0.4, 0.5) is 0 Å². The average molecular weight is 744 g/mol. The van der Waals surface area contributed by atoms with Crippen LogP contribution in [0.2, 0.25) is 0 Å². The second-order valence-electron chi connectivity index (χ2n) is 11.9. The number of rotatable bonds is 17. The summed E-state index contributed by atoms with van der Waals surface area (Å²) in [4.78, 5) is 10.5. The third kappa shape index (κ3) is 10.7. The second-order valence-corrected chi connectivity index (χ2v) is 13.3. The van der Waals surface area contributed by atoms with Gasteiger partial charge < -0.3 is 95.2 Å². The fourth-order valence-corrected chi connectivity index (χ4v) is 6.28. The van der Waals surface area contributed by atoms with E-state index in [1.807, 2.05) is 0 Å². The lowest BCUT2D eigenvalue weighted by atomic mass is 9.97. The van der Waals surface area contributed by atoms with Crippen LogP contribution < -0.4 is 5.73 Å². The summed E-state index contributed by atoms with van der Waals surface area (Å²) >= 11 is 0. The summed E-state index contributed by atoms with van der Waals surface area (Å²) in [6.45, 7) is 0.119. The van der Waals surface area contributed by atoms with Gasteiger partial charge in [0, 0.05) is 0 Å². The molecular formula is C26H50NO21P.